The van der Waals surface area contributed by atoms with Crippen LogP contribution in [0.15, 0.2) is 58.7 Å². The SMILES string of the molecule is CC(=O)/C=C(C)/C=C/C=C(C)/C=C/C1=C(C)CCCC1(C)C. The summed E-state index contributed by atoms with van der Waals surface area (Å²) in [6.07, 6.45) is 16.0. The standard InChI is InChI=1S/C21H30O/c1-16(9-7-10-17(2)15-19(4)22)12-13-20-18(3)11-8-14-21(20,5)6/h7,9-10,12-13,15H,8,11,14H2,1-6H3/b10-7+,13-12+,16-9+,17-15+. The van der Waals surface area contributed by atoms with E-state index in [0.29, 0.717) is 0 Å². The molecule has 0 radical (unpaired) electrons. The Balaban J connectivity index is 2.79. The molecule has 0 aromatic carbocycles. The highest BCUT2D eigenvalue weighted by Gasteiger charge is 2.26. The van der Waals surface area contributed by atoms with Gasteiger partial charge in [-0.15, -0.1) is 0 Å². The van der Waals surface area contributed by atoms with Crippen molar-refractivity contribution in [3.05, 3.63) is 58.7 Å². The van der Waals surface area contributed by atoms with Crippen LogP contribution in [0.3, 0.4) is 0 Å². The highest BCUT2D eigenvalue weighted by molar-refractivity contribution is 5.88. The first-order chi connectivity index (χ1) is 10.2. The summed E-state index contributed by atoms with van der Waals surface area (Å²) in [7, 11) is 0. The maximum Gasteiger partial charge on any atom is 0.152 e. The lowest BCUT2D eigenvalue weighted by Crippen LogP contribution is -2.19. The smallest absolute Gasteiger partial charge is 0.152 e. The Hall–Kier alpha value is -1.63. The quantitative estimate of drug-likeness (QED) is 0.442. The molecule has 0 spiro atoms. The van der Waals surface area contributed by atoms with Gasteiger partial charge in [-0.3, -0.25) is 4.79 Å². The van der Waals surface area contributed by atoms with E-state index in [-0.39, 0.29) is 11.2 Å². The van der Waals surface area contributed by atoms with Crippen LogP contribution in [0.25, 0.3) is 0 Å². The zero-order chi connectivity index (χ0) is 16.8. The fourth-order valence-corrected chi connectivity index (χ4v) is 3.00. The van der Waals surface area contributed by atoms with Crippen molar-refractivity contribution in [3.8, 4) is 0 Å². The molecule has 0 heterocycles. The zero-order valence-electron chi connectivity index (χ0n) is 15.0. The summed E-state index contributed by atoms with van der Waals surface area (Å²) in [5.74, 6) is 0.0877. The van der Waals surface area contributed by atoms with Crippen LogP contribution in [-0.2, 0) is 4.79 Å². The highest BCUT2D eigenvalue weighted by Crippen LogP contribution is 2.40. The van der Waals surface area contributed by atoms with Crippen molar-refractivity contribution >= 4 is 5.78 Å². The van der Waals surface area contributed by atoms with E-state index in [0.717, 1.165) is 5.57 Å². The van der Waals surface area contributed by atoms with Gasteiger partial charge in [0.1, 0.15) is 0 Å². The van der Waals surface area contributed by atoms with Gasteiger partial charge in [-0.25, -0.2) is 0 Å². The van der Waals surface area contributed by atoms with Gasteiger partial charge in [-0.1, -0.05) is 55.4 Å². The second kappa shape index (κ2) is 8.12. The molecule has 1 aliphatic rings. The molecule has 0 atom stereocenters. The minimum atomic E-state index is 0.0877. The van der Waals surface area contributed by atoms with Gasteiger partial charge in [-0.05, 0) is 69.6 Å². The normalized spacial score (nSPS) is 20.3. The molecule has 1 nitrogen and oxygen atoms in total. The first-order valence-corrected chi connectivity index (χ1v) is 8.14. The lowest BCUT2D eigenvalue weighted by atomic mass is 9.72. The van der Waals surface area contributed by atoms with Crippen LogP contribution < -0.4 is 0 Å². The third-order valence-corrected chi connectivity index (χ3v) is 4.20. The molecule has 0 N–H and O–H groups in total. The minimum Gasteiger partial charge on any atom is -0.295 e. The van der Waals surface area contributed by atoms with Gasteiger partial charge >= 0.3 is 0 Å². The molecule has 0 fully saturated rings. The van der Waals surface area contributed by atoms with Crippen LogP contribution in [0, 0.1) is 5.41 Å². The van der Waals surface area contributed by atoms with Crippen LogP contribution in [0.4, 0.5) is 0 Å². The summed E-state index contributed by atoms with van der Waals surface area (Å²) in [6, 6.07) is 0. The molecule has 1 rings (SSSR count). The van der Waals surface area contributed by atoms with E-state index in [1.54, 1.807) is 13.0 Å². The maximum atomic E-state index is 11.0. The summed E-state index contributed by atoms with van der Waals surface area (Å²) in [5, 5.41) is 0. The summed E-state index contributed by atoms with van der Waals surface area (Å²) in [4.78, 5) is 11.0. The Morgan fingerprint density at radius 3 is 2.36 bits per heavy atom. The predicted molar refractivity (Wildman–Crippen MR) is 96.8 cm³/mol. The molecule has 0 bridgehead atoms. The van der Waals surface area contributed by atoms with E-state index in [1.807, 2.05) is 19.1 Å². The van der Waals surface area contributed by atoms with Crippen molar-refractivity contribution in [3.63, 3.8) is 0 Å². The van der Waals surface area contributed by atoms with Crippen LogP contribution in [0.5, 0.6) is 0 Å². The lowest BCUT2D eigenvalue weighted by molar-refractivity contribution is -0.112. The van der Waals surface area contributed by atoms with Gasteiger partial charge in [0.25, 0.3) is 0 Å². The number of rotatable bonds is 5. The van der Waals surface area contributed by atoms with Crippen LogP contribution in [0.1, 0.15) is 60.8 Å². The largest absolute Gasteiger partial charge is 0.295 e. The molecule has 0 aromatic rings. The van der Waals surface area contributed by atoms with Crippen LogP contribution in [0.2, 0.25) is 0 Å². The van der Waals surface area contributed by atoms with Crippen molar-refractivity contribution in [2.75, 3.05) is 0 Å². The number of carbonyl (C=O) groups is 1. The molecule has 0 amide bonds. The monoisotopic (exact) mass is 298 g/mol. The molecular formula is C21H30O. The lowest BCUT2D eigenvalue weighted by Gasteiger charge is -2.32. The van der Waals surface area contributed by atoms with E-state index in [9.17, 15) is 4.79 Å². The average molecular weight is 298 g/mol. The van der Waals surface area contributed by atoms with E-state index >= 15 is 0 Å². The Bertz CT molecular complexity index is 563. The first kappa shape index (κ1) is 18.4. The van der Waals surface area contributed by atoms with Crippen molar-refractivity contribution in [2.24, 2.45) is 5.41 Å². The molecule has 0 unspecified atom stereocenters. The second-order valence-corrected chi connectivity index (χ2v) is 7.03. The number of hydrogen-bond donors (Lipinski definition) is 0. The zero-order valence-corrected chi connectivity index (χ0v) is 15.0. The molecular weight excluding hydrogens is 268 g/mol. The van der Waals surface area contributed by atoms with Gasteiger partial charge in [0.05, 0.1) is 0 Å². The van der Waals surface area contributed by atoms with Gasteiger partial charge < -0.3 is 0 Å². The first-order valence-electron chi connectivity index (χ1n) is 8.14. The van der Waals surface area contributed by atoms with Crippen molar-refractivity contribution < 1.29 is 4.79 Å². The van der Waals surface area contributed by atoms with Gasteiger partial charge in [0.2, 0.25) is 0 Å². The Labute approximate surface area is 136 Å². The van der Waals surface area contributed by atoms with Gasteiger partial charge in [0.15, 0.2) is 5.78 Å². The Kier molecular flexibility index (Phi) is 6.80. The fraction of sp³-hybridized carbons (Fsp3) is 0.476. The van der Waals surface area contributed by atoms with Gasteiger partial charge in [-0.2, -0.15) is 0 Å². The minimum absolute atomic E-state index is 0.0877. The number of hydrogen-bond acceptors (Lipinski definition) is 1. The second-order valence-electron chi connectivity index (χ2n) is 7.03. The molecule has 1 aliphatic carbocycles. The molecule has 0 aliphatic heterocycles. The third-order valence-electron chi connectivity index (χ3n) is 4.20. The Morgan fingerprint density at radius 1 is 1.09 bits per heavy atom. The Morgan fingerprint density at radius 2 is 1.77 bits per heavy atom. The van der Waals surface area contributed by atoms with E-state index < -0.39 is 0 Å². The molecule has 0 aromatic heterocycles. The van der Waals surface area contributed by atoms with Gasteiger partial charge in [0, 0.05) is 0 Å². The number of carbonyl (C=O) groups excluding carboxylic acids is 1. The molecule has 120 valence electrons. The molecule has 1 heteroatoms. The number of ketones is 1. The van der Waals surface area contributed by atoms with Crippen molar-refractivity contribution in [1.29, 1.82) is 0 Å². The van der Waals surface area contributed by atoms with E-state index in [1.165, 1.54) is 36.0 Å². The van der Waals surface area contributed by atoms with Crippen molar-refractivity contribution in [2.45, 2.75) is 60.8 Å². The van der Waals surface area contributed by atoms with E-state index in [4.69, 9.17) is 0 Å². The highest BCUT2D eigenvalue weighted by atomic mass is 16.1. The summed E-state index contributed by atoms with van der Waals surface area (Å²) < 4.78 is 0. The summed E-state index contributed by atoms with van der Waals surface area (Å²) in [5.41, 5.74) is 5.50. The topological polar surface area (TPSA) is 17.1 Å². The summed E-state index contributed by atoms with van der Waals surface area (Å²) in [6.45, 7) is 12.6. The summed E-state index contributed by atoms with van der Waals surface area (Å²) >= 11 is 0. The maximum absolute atomic E-state index is 11.0. The number of allylic oxidation sites excluding steroid dienone is 10. The fourth-order valence-electron chi connectivity index (χ4n) is 3.00. The van der Waals surface area contributed by atoms with Crippen LogP contribution in [-0.4, -0.2) is 5.78 Å². The molecule has 22 heavy (non-hydrogen) atoms. The van der Waals surface area contributed by atoms with E-state index in [2.05, 4.69) is 45.9 Å². The van der Waals surface area contributed by atoms with Crippen molar-refractivity contribution in [1.82, 2.24) is 0 Å². The third kappa shape index (κ3) is 6.01. The molecule has 0 saturated carbocycles. The predicted octanol–water partition coefficient (Wildman–Crippen LogP) is 6.11. The van der Waals surface area contributed by atoms with Crippen LogP contribution >= 0.6 is 0 Å². The molecule has 0 saturated heterocycles. The average Bonchev–Trinajstić information content (AvgIpc) is 2.36.